The Balaban J connectivity index is 1.47. The van der Waals surface area contributed by atoms with Crippen LogP contribution in [-0.4, -0.2) is 38.4 Å². The second kappa shape index (κ2) is 5.46. The molecule has 6 heteroatoms. The van der Waals surface area contributed by atoms with E-state index < -0.39 is 0 Å². The Morgan fingerprint density at radius 3 is 3.10 bits per heavy atom. The zero-order chi connectivity index (χ0) is 14.1. The largest absolute Gasteiger partial charge is 0.298 e. The Bertz CT molecular complexity index is 686. The molecule has 0 spiro atoms. The number of aromatic nitrogens is 4. The maximum atomic E-state index is 4.23. The molecular weight excluding hydrogens is 282 g/mol. The summed E-state index contributed by atoms with van der Waals surface area (Å²) in [7, 11) is 0. The third-order valence-electron chi connectivity index (χ3n) is 4.11. The lowest BCUT2D eigenvalue weighted by atomic mass is 10.1. The number of hydrogen-bond donors (Lipinski definition) is 2. The minimum absolute atomic E-state index is 0.574. The van der Waals surface area contributed by atoms with Gasteiger partial charge in [0.25, 0.3) is 0 Å². The van der Waals surface area contributed by atoms with Crippen LogP contribution in [0.25, 0.3) is 10.6 Å². The SMILES string of the molecule is c1csc(-c2[nH]ncc2CN2CC[C@@H](c3ccn[nH]3)C2)c1. The van der Waals surface area contributed by atoms with Gasteiger partial charge in [-0.1, -0.05) is 6.07 Å². The number of likely N-dealkylation sites (tertiary alicyclic amines) is 1. The first-order valence-electron chi connectivity index (χ1n) is 7.18. The summed E-state index contributed by atoms with van der Waals surface area (Å²) in [5, 5.41) is 16.6. The Kier molecular flexibility index (Phi) is 3.33. The number of thiophene rings is 1. The van der Waals surface area contributed by atoms with E-state index in [1.165, 1.54) is 22.6 Å². The molecule has 0 bridgehead atoms. The Morgan fingerprint density at radius 1 is 1.29 bits per heavy atom. The van der Waals surface area contributed by atoms with Crippen molar-refractivity contribution in [3.63, 3.8) is 0 Å². The van der Waals surface area contributed by atoms with Crippen molar-refractivity contribution in [1.82, 2.24) is 25.3 Å². The highest BCUT2D eigenvalue weighted by molar-refractivity contribution is 7.13. The van der Waals surface area contributed by atoms with Crippen molar-refractivity contribution in [2.24, 2.45) is 0 Å². The van der Waals surface area contributed by atoms with E-state index in [0.29, 0.717) is 5.92 Å². The van der Waals surface area contributed by atoms with Crippen molar-refractivity contribution in [3.05, 3.63) is 47.2 Å². The van der Waals surface area contributed by atoms with E-state index in [0.717, 1.165) is 25.3 Å². The Hall–Kier alpha value is -1.92. The van der Waals surface area contributed by atoms with Crippen molar-refractivity contribution in [1.29, 1.82) is 0 Å². The summed E-state index contributed by atoms with van der Waals surface area (Å²) >= 11 is 1.75. The van der Waals surface area contributed by atoms with Crippen LogP contribution in [0.15, 0.2) is 36.0 Å². The van der Waals surface area contributed by atoms with Gasteiger partial charge in [-0.2, -0.15) is 10.2 Å². The molecule has 3 aromatic heterocycles. The van der Waals surface area contributed by atoms with Crippen LogP contribution in [0.5, 0.6) is 0 Å². The van der Waals surface area contributed by atoms with E-state index in [4.69, 9.17) is 0 Å². The number of nitrogens with one attached hydrogen (secondary N) is 2. The van der Waals surface area contributed by atoms with Crippen LogP contribution >= 0.6 is 11.3 Å². The maximum Gasteiger partial charge on any atom is 0.0794 e. The first kappa shape index (κ1) is 12.8. The first-order valence-corrected chi connectivity index (χ1v) is 8.06. The van der Waals surface area contributed by atoms with Gasteiger partial charge in [0.15, 0.2) is 0 Å². The normalized spacial score (nSPS) is 19.3. The summed E-state index contributed by atoms with van der Waals surface area (Å²) in [6.07, 6.45) is 4.98. The average Bonchev–Trinajstić information content (AvgIpc) is 3.28. The molecule has 4 rings (SSSR count). The number of nitrogens with zero attached hydrogens (tertiary/aromatic N) is 3. The summed E-state index contributed by atoms with van der Waals surface area (Å²) in [5.41, 5.74) is 3.70. The molecular formula is C15H17N5S. The summed E-state index contributed by atoms with van der Waals surface area (Å²) in [4.78, 5) is 3.75. The van der Waals surface area contributed by atoms with Gasteiger partial charge in [0.05, 0.1) is 16.8 Å². The minimum atomic E-state index is 0.574. The first-order chi connectivity index (χ1) is 10.4. The summed E-state index contributed by atoms with van der Waals surface area (Å²) < 4.78 is 0. The molecule has 3 aromatic rings. The minimum Gasteiger partial charge on any atom is -0.298 e. The van der Waals surface area contributed by atoms with Gasteiger partial charge in [0.2, 0.25) is 0 Å². The fourth-order valence-electron chi connectivity index (χ4n) is 3.03. The van der Waals surface area contributed by atoms with Gasteiger partial charge in [-0.05, 0) is 30.5 Å². The highest BCUT2D eigenvalue weighted by Gasteiger charge is 2.25. The molecule has 1 fully saturated rings. The van der Waals surface area contributed by atoms with Crippen LogP contribution in [0.4, 0.5) is 0 Å². The average molecular weight is 299 g/mol. The molecule has 108 valence electrons. The lowest BCUT2D eigenvalue weighted by molar-refractivity contribution is 0.327. The fourth-order valence-corrected chi connectivity index (χ4v) is 3.79. The highest BCUT2D eigenvalue weighted by Crippen LogP contribution is 2.30. The van der Waals surface area contributed by atoms with Crippen molar-refractivity contribution >= 4 is 11.3 Å². The second-order valence-corrected chi connectivity index (χ2v) is 6.43. The quantitative estimate of drug-likeness (QED) is 0.779. The molecule has 0 radical (unpaired) electrons. The molecule has 4 heterocycles. The lowest BCUT2D eigenvalue weighted by Gasteiger charge is -2.15. The zero-order valence-electron chi connectivity index (χ0n) is 11.6. The van der Waals surface area contributed by atoms with Crippen LogP contribution in [-0.2, 0) is 6.54 Å². The van der Waals surface area contributed by atoms with Gasteiger partial charge in [0, 0.05) is 36.5 Å². The van der Waals surface area contributed by atoms with Crippen LogP contribution in [0.3, 0.4) is 0 Å². The van der Waals surface area contributed by atoms with E-state index in [1.54, 1.807) is 11.3 Å². The number of rotatable bonds is 4. The van der Waals surface area contributed by atoms with Crippen LogP contribution in [0.2, 0.25) is 0 Å². The van der Waals surface area contributed by atoms with Gasteiger partial charge in [-0.15, -0.1) is 11.3 Å². The monoisotopic (exact) mass is 299 g/mol. The molecule has 0 aromatic carbocycles. The molecule has 21 heavy (non-hydrogen) atoms. The van der Waals surface area contributed by atoms with Gasteiger partial charge in [-0.25, -0.2) is 0 Å². The van der Waals surface area contributed by atoms with E-state index in [2.05, 4.69) is 48.9 Å². The molecule has 5 nitrogen and oxygen atoms in total. The predicted molar refractivity (Wildman–Crippen MR) is 83.1 cm³/mol. The van der Waals surface area contributed by atoms with Crippen molar-refractivity contribution in [2.75, 3.05) is 13.1 Å². The molecule has 2 N–H and O–H groups in total. The van der Waals surface area contributed by atoms with Gasteiger partial charge < -0.3 is 0 Å². The van der Waals surface area contributed by atoms with E-state index in [9.17, 15) is 0 Å². The lowest BCUT2D eigenvalue weighted by Crippen LogP contribution is -2.19. The summed E-state index contributed by atoms with van der Waals surface area (Å²) in [5.74, 6) is 0.574. The molecule has 0 aliphatic carbocycles. The van der Waals surface area contributed by atoms with Crippen LogP contribution < -0.4 is 0 Å². The molecule has 1 aliphatic heterocycles. The van der Waals surface area contributed by atoms with Gasteiger partial charge in [0.1, 0.15) is 0 Å². The second-order valence-electron chi connectivity index (χ2n) is 5.48. The third kappa shape index (κ3) is 2.52. The molecule has 0 saturated carbocycles. The molecule has 1 aliphatic rings. The summed E-state index contributed by atoms with van der Waals surface area (Å²) in [6, 6.07) is 6.30. The van der Waals surface area contributed by atoms with Crippen LogP contribution in [0.1, 0.15) is 23.6 Å². The number of aromatic amines is 2. The topological polar surface area (TPSA) is 60.6 Å². The molecule has 1 atom stereocenters. The van der Waals surface area contributed by atoms with E-state index >= 15 is 0 Å². The van der Waals surface area contributed by atoms with Gasteiger partial charge >= 0.3 is 0 Å². The zero-order valence-corrected chi connectivity index (χ0v) is 12.4. The maximum absolute atomic E-state index is 4.23. The van der Waals surface area contributed by atoms with Crippen molar-refractivity contribution < 1.29 is 0 Å². The number of hydrogen-bond acceptors (Lipinski definition) is 4. The Labute approximate surface area is 127 Å². The van der Waals surface area contributed by atoms with Crippen molar-refractivity contribution in [2.45, 2.75) is 18.9 Å². The molecule has 1 saturated heterocycles. The van der Waals surface area contributed by atoms with Crippen molar-refractivity contribution in [3.8, 4) is 10.6 Å². The standard InChI is InChI=1S/C15H17N5S/c1-2-14(21-7-1)15-12(8-17-19-15)10-20-6-4-11(9-20)13-3-5-16-18-13/h1-3,5,7-8,11H,4,6,9-10H2,(H,16,18)(H,17,19)/t11-/m1/s1. The smallest absolute Gasteiger partial charge is 0.0794 e. The number of H-pyrrole nitrogens is 2. The highest BCUT2D eigenvalue weighted by atomic mass is 32.1. The molecule has 0 unspecified atom stereocenters. The Morgan fingerprint density at radius 2 is 2.29 bits per heavy atom. The van der Waals surface area contributed by atoms with Gasteiger partial charge in [-0.3, -0.25) is 15.1 Å². The van der Waals surface area contributed by atoms with E-state index in [1.807, 2.05) is 12.4 Å². The van der Waals surface area contributed by atoms with Crippen LogP contribution in [0, 0.1) is 0 Å². The fraction of sp³-hybridized carbons (Fsp3) is 0.333. The van der Waals surface area contributed by atoms with E-state index in [-0.39, 0.29) is 0 Å². The third-order valence-corrected chi connectivity index (χ3v) is 5.00. The molecule has 0 amide bonds. The predicted octanol–water partition coefficient (Wildman–Crippen LogP) is 2.85. The summed E-state index contributed by atoms with van der Waals surface area (Å²) in [6.45, 7) is 3.16.